The van der Waals surface area contributed by atoms with E-state index in [2.05, 4.69) is 10.6 Å². The van der Waals surface area contributed by atoms with Crippen LogP contribution < -0.4 is 10.6 Å². The molecule has 2 amide bonds. The maximum atomic E-state index is 12.2. The number of rotatable bonds is 13. The van der Waals surface area contributed by atoms with E-state index in [4.69, 9.17) is 5.11 Å². The van der Waals surface area contributed by atoms with Crippen molar-refractivity contribution < 1.29 is 29.1 Å². The zero-order valence-electron chi connectivity index (χ0n) is 17.4. The molecule has 0 aromatic heterocycles. The lowest BCUT2D eigenvalue weighted by molar-refractivity contribution is -0.142. The van der Waals surface area contributed by atoms with E-state index < -0.39 is 29.9 Å². The van der Waals surface area contributed by atoms with Crippen molar-refractivity contribution in [1.82, 2.24) is 10.6 Å². The number of carboxylic acids is 1. The van der Waals surface area contributed by atoms with E-state index >= 15 is 0 Å². The molecule has 0 saturated heterocycles. The third kappa shape index (κ3) is 8.58. The van der Waals surface area contributed by atoms with Gasteiger partial charge in [-0.15, -0.1) is 0 Å². The highest BCUT2D eigenvalue weighted by molar-refractivity contribution is 6.18. The fourth-order valence-corrected chi connectivity index (χ4v) is 3.13. The number of amides is 2. The zero-order chi connectivity index (χ0) is 22.0. The normalized spacial score (nSPS) is 16.1. The van der Waals surface area contributed by atoms with Gasteiger partial charge in [0, 0.05) is 6.42 Å². The maximum absolute atomic E-state index is 12.2. The van der Waals surface area contributed by atoms with Gasteiger partial charge in [0.05, 0.1) is 5.92 Å². The van der Waals surface area contributed by atoms with Crippen LogP contribution in [0.15, 0.2) is 12.2 Å². The third-order valence-electron chi connectivity index (χ3n) is 4.99. The first-order chi connectivity index (χ1) is 13.6. The van der Waals surface area contributed by atoms with Crippen LogP contribution in [0.5, 0.6) is 0 Å². The lowest BCUT2D eigenvalue weighted by Gasteiger charge is -2.23. The van der Waals surface area contributed by atoms with E-state index in [1.807, 2.05) is 0 Å². The van der Waals surface area contributed by atoms with Crippen LogP contribution in [0, 0.1) is 11.8 Å². The van der Waals surface area contributed by atoms with Crippen LogP contribution in [-0.2, 0) is 24.0 Å². The molecule has 8 heteroatoms. The van der Waals surface area contributed by atoms with Gasteiger partial charge in [0.25, 0.3) is 0 Å². The Hall–Kier alpha value is -2.51. The molecule has 1 rings (SSSR count). The number of allylic oxidation sites excluding steroid dienone is 2. The van der Waals surface area contributed by atoms with Gasteiger partial charge in [-0.25, -0.2) is 0 Å². The number of nitrogens with one attached hydrogen (secondary N) is 2. The van der Waals surface area contributed by atoms with Crippen LogP contribution in [0.25, 0.3) is 0 Å². The van der Waals surface area contributed by atoms with Gasteiger partial charge in [-0.3, -0.25) is 24.0 Å². The fourth-order valence-electron chi connectivity index (χ4n) is 3.13. The molecule has 3 N–H and O–H groups in total. The minimum atomic E-state index is -1.13. The van der Waals surface area contributed by atoms with Crippen molar-refractivity contribution in [2.24, 2.45) is 11.8 Å². The first kappa shape index (κ1) is 24.5. The van der Waals surface area contributed by atoms with Crippen molar-refractivity contribution in [3.8, 4) is 0 Å². The summed E-state index contributed by atoms with van der Waals surface area (Å²) in [5.74, 6) is -2.76. The molecule has 0 spiro atoms. The summed E-state index contributed by atoms with van der Waals surface area (Å²) in [4.78, 5) is 58.2. The molecular weight excluding hydrogens is 376 g/mol. The van der Waals surface area contributed by atoms with Gasteiger partial charge in [-0.05, 0) is 37.8 Å². The number of unbranched alkanes of at least 4 members (excludes halogenated alkanes) is 4. The van der Waals surface area contributed by atoms with Gasteiger partial charge in [0.1, 0.15) is 12.1 Å². The molecule has 0 fully saturated rings. The van der Waals surface area contributed by atoms with Gasteiger partial charge < -0.3 is 15.7 Å². The van der Waals surface area contributed by atoms with Crippen molar-refractivity contribution in [2.45, 2.75) is 77.8 Å². The number of ketones is 2. The molecule has 1 aliphatic carbocycles. The van der Waals surface area contributed by atoms with Crippen LogP contribution in [0.2, 0.25) is 0 Å². The van der Waals surface area contributed by atoms with Crippen LogP contribution >= 0.6 is 0 Å². The van der Waals surface area contributed by atoms with E-state index in [9.17, 15) is 24.0 Å². The summed E-state index contributed by atoms with van der Waals surface area (Å²) in [6.45, 7) is 4.94. The van der Waals surface area contributed by atoms with Crippen LogP contribution in [0.1, 0.15) is 65.7 Å². The molecule has 0 bridgehead atoms. The summed E-state index contributed by atoms with van der Waals surface area (Å²) in [7, 11) is 0. The number of carbonyl (C=O) groups excluding carboxylic acids is 4. The molecule has 162 valence electrons. The molecule has 0 aromatic carbocycles. The van der Waals surface area contributed by atoms with Crippen molar-refractivity contribution in [3.63, 3.8) is 0 Å². The van der Waals surface area contributed by atoms with Crippen LogP contribution in [-0.4, -0.2) is 46.5 Å². The number of carbonyl (C=O) groups is 5. The second-order valence-corrected chi connectivity index (χ2v) is 7.85. The Morgan fingerprint density at radius 1 is 0.931 bits per heavy atom. The van der Waals surface area contributed by atoms with E-state index in [0.717, 1.165) is 25.7 Å². The first-order valence-electron chi connectivity index (χ1n) is 10.2. The predicted octanol–water partition coefficient (Wildman–Crippen LogP) is 1.77. The smallest absolute Gasteiger partial charge is 0.325 e. The molecular formula is C21H32N2O6. The Bertz CT molecular complexity index is 638. The average molecular weight is 408 g/mol. The Kier molecular flexibility index (Phi) is 10.3. The summed E-state index contributed by atoms with van der Waals surface area (Å²) < 4.78 is 0. The maximum Gasteiger partial charge on any atom is 0.325 e. The Morgan fingerprint density at radius 3 is 2.03 bits per heavy atom. The highest BCUT2D eigenvalue weighted by Gasteiger charge is 2.27. The standard InChI is InChI=1S/C21H32N2O6/c1-13(2)19(20(27)22-14(3)21(28)29)23-18(26)10-8-6-4-5-7-9-15-16(24)11-12-17(15)25/h11-15,19H,4-10H2,1-3H3,(H,22,27)(H,23,26)(H,28,29)/t14?,19-/m0/s1. The van der Waals surface area contributed by atoms with Gasteiger partial charge >= 0.3 is 5.97 Å². The van der Waals surface area contributed by atoms with E-state index in [1.165, 1.54) is 19.1 Å². The van der Waals surface area contributed by atoms with Gasteiger partial charge in [0.15, 0.2) is 11.6 Å². The van der Waals surface area contributed by atoms with Gasteiger partial charge in [0.2, 0.25) is 11.8 Å². The highest BCUT2D eigenvalue weighted by Crippen LogP contribution is 2.19. The second kappa shape index (κ2) is 12.1. The van der Waals surface area contributed by atoms with E-state index in [0.29, 0.717) is 12.8 Å². The van der Waals surface area contributed by atoms with Crippen molar-refractivity contribution >= 4 is 29.4 Å². The number of aliphatic carboxylic acids is 1. The van der Waals surface area contributed by atoms with Gasteiger partial charge in [-0.1, -0.05) is 39.5 Å². The van der Waals surface area contributed by atoms with Crippen LogP contribution in [0.3, 0.4) is 0 Å². The molecule has 1 aliphatic rings. The molecule has 0 aromatic rings. The minimum Gasteiger partial charge on any atom is -0.480 e. The van der Waals surface area contributed by atoms with E-state index in [-0.39, 0.29) is 29.8 Å². The monoisotopic (exact) mass is 408 g/mol. The third-order valence-corrected chi connectivity index (χ3v) is 4.99. The lowest BCUT2D eigenvalue weighted by atomic mass is 9.96. The largest absolute Gasteiger partial charge is 0.480 e. The number of carboxylic acid groups (broad SMARTS) is 1. The van der Waals surface area contributed by atoms with Crippen molar-refractivity contribution in [2.75, 3.05) is 0 Å². The second-order valence-electron chi connectivity index (χ2n) is 7.85. The molecule has 0 heterocycles. The summed E-state index contributed by atoms with van der Waals surface area (Å²) >= 11 is 0. The molecule has 2 atom stereocenters. The summed E-state index contributed by atoms with van der Waals surface area (Å²) in [6, 6.07) is -1.80. The summed E-state index contributed by atoms with van der Waals surface area (Å²) in [6.07, 6.45) is 7.66. The Labute approximate surface area is 171 Å². The summed E-state index contributed by atoms with van der Waals surface area (Å²) in [5.41, 5.74) is 0. The topological polar surface area (TPSA) is 130 Å². The summed E-state index contributed by atoms with van der Waals surface area (Å²) in [5, 5.41) is 14.0. The zero-order valence-corrected chi connectivity index (χ0v) is 17.4. The van der Waals surface area contributed by atoms with Crippen molar-refractivity contribution in [1.29, 1.82) is 0 Å². The minimum absolute atomic E-state index is 0.104. The average Bonchev–Trinajstić information content (AvgIpc) is 2.96. The van der Waals surface area contributed by atoms with E-state index in [1.54, 1.807) is 13.8 Å². The highest BCUT2D eigenvalue weighted by atomic mass is 16.4. The predicted molar refractivity (Wildman–Crippen MR) is 107 cm³/mol. The lowest BCUT2D eigenvalue weighted by Crippen LogP contribution is -2.53. The van der Waals surface area contributed by atoms with Crippen molar-refractivity contribution in [3.05, 3.63) is 12.2 Å². The number of hydrogen-bond donors (Lipinski definition) is 3. The molecule has 1 unspecified atom stereocenters. The quantitative estimate of drug-likeness (QED) is 0.315. The Balaban J connectivity index is 2.22. The molecule has 0 aliphatic heterocycles. The molecule has 0 saturated carbocycles. The molecule has 8 nitrogen and oxygen atoms in total. The first-order valence-corrected chi connectivity index (χ1v) is 10.2. The molecule has 29 heavy (non-hydrogen) atoms. The van der Waals surface area contributed by atoms with Crippen LogP contribution in [0.4, 0.5) is 0 Å². The Morgan fingerprint density at radius 2 is 1.48 bits per heavy atom. The van der Waals surface area contributed by atoms with Gasteiger partial charge in [-0.2, -0.15) is 0 Å². The fraction of sp³-hybridized carbons (Fsp3) is 0.667. The SMILES string of the molecule is CC(NC(=O)[C@@H](NC(=O)CCCCCCCC1C(=O)C=CC1=O)C(C)C)C(=O)O. The molecule has 0 radical (unpaired) electrons. The number of hydrogen-bond acceptors (Lipinski definition) is 5.